The van der Waals surface area contributed by atoms with Gasteiger partial charge in [0.25, 0.3) is 0 Å². The molecule has 1 aliphatic rings. The fourth-order valence-corrected chi connectivity index (χ4v) is 1.78. The van der Waals surface area contributed by atoms with Crippen LogP contribution in [0.25, 0.3) is 0 Å². The topological polar surface area (TPSA) is 35.5 Å². The maximum absolute atomic E-state index is 8.78. The van der Waals surface area contributed by atoms with Gasteiger partial charge in [0.2, 0.25) is 0 Å². The molecule has 3 heteroatoms. The highest BCUT2D eigenvalue weighted by atomic mass is 16.3. The summed E-state index contributed by atoms with van der Waals surface area (Å²) in [5.41, 5.74) is 0. The molecule has 0 radical (unpaired) electrons. The standard InChI is InChI=1S/C10H22N2O/c1-9(2)11-5-3-10-4-6-12(10)7-8-13/h9-11,13H,3-8H2,1-2H3. The van der Waals surface area contributed by atoms with Gasteiger partial charge < -0.3 is 10.4 Å². The number of likely N-dealkylation sites (tertiary alicyclic amines) is 1. The van der Waals surface area contributed by atoms with Gasteiger partial charge in [-0.25, -0.2) is 0 Å². The van der Waals surface area contributed by atoms with Gasteiger partial charge in [0.05, 0.1) is 6.61 Å². The van der Waals surface area contributed by atoms with Crippen molar-refractivity contribution < 1.29 is 5.11 Å². The van der Waals surface area contributed by atoms with Gasteiger partial charge in [-0.15, -0.1) is 0 Å². The van der Waals surface area contributed by atoms with E-state index in [1.165, 1.54) is 19.4 Å². The Hall–Kier alpha value is -0.120. The van der Waals surface area contributed by atoms with Crippen LogP contribution in [-0.2, 0) is 0 Å². The van der Waals surface area contributed by atoms with Gasteiger partial charge in [-0.05, 0) is 19.4 Å². The lowest BCUT2D eigenvalue weighted by molar-refractivity contribution is 0.0627. The van der Waals surface area contributed by atoms with Crippen molar-refractivity contribution in [2.45, 2.75) is 38.8 Å². The molecule has 13 heavy (non-hydrogen) atoms. The van der Waals surface area contributed by atoms with Gasteiger partial charge in [-0.2, -0.15) is 0 Å². The Bertz CT molecular complexity index is 139. The molecule has 0 spiro atoms. The SMILES string of the molecule is CC(C)NCCC1CCN1CCO. The first-order valence-corrected chi connectivity index (χ1v) is 5.32. The van der Waals surface area contributed by atoms with E-state index in [0.717, 1.165) is 19.1 Å². The van der Waals surface area contributed by atoms with E-state index in [1.54, 1.807) is 0 Å². The highest BCUT2D eigenvalue weighted by Gasteiger charge is 2.26. The third-order valence-corrected chi connectivity index (χ3v) is 2.68. The first-order valence-electron chi connectivity index (χ1n) is 5.32. The number of β-amino-alcohol motifs (C(OH)–C–C–N with tert-alkyl or cyclic N) is 1. The first-order chi connectivity index (χ1) is 6.24. The molecule has 1 rings (SSSR count). The molecule has 1 saturated heterocycles. The lowest BCUT2D eigenvalue weighted by Crippen LogP contribution is -2.50. The molecule has 0 amide bonds. The third kappa shape index (κ3) is 3.63. The van der Waals surface area contributed by atoms with Crippen LogP contribution in [0.2, 0.25) is 0 Å². The maximum atomic E-state index is 8.78. The molecular weight excluding hydrogens is 164 g/mol. The minimum absolute atomic E-state index is 0.300. The van der Waals surface area contributed by atoms with Crippen molar-refractivity contribution >= 4 is 0 Å². The van der Waals surface area contributed by atoms with E-state index >= 15 is 0 Å². The van der Waals surface area contributed by atoms with Gasteiger partial charge in [-0.1, -0.05) is 13.8 Å². The number of nitrogens with one attached hydrogen (secondary N) is 1. The van der Waals surface area contributed by atoms with E-state index in [4.69, 9.17) is 5.11 Å². The molecule has 1 atom stereocenters. The van der Waals surface area contributed by atoms with E-state index < -0.39 is 0 Å². The second-order valence-electron chi connectivity index (χ2n) is 4.10. The lowest BCUT2D eigenvalue weighted by Gasteiger charge is -2.41. The second kappa shape index (κ2) is 5.58. The van der Waals surface area contributed by atoms with Crippen molar-refractivity contribution in [3.63, 3.8) is 0 Å². The molecule has 1 aliphatic heterocycles. The van der Waals surface area contributed by atoms with Crippen LogP contribution in [-0.4, -0.2) is 48.3 Å². The minimum atomic E-state index is 0.300. The summed E-state index contributed by atoms with van der Waals surface area (Å²) < 4.78 is 0. The van der Waals surface area contributed by atoms with E-state index in [-0.39, 0.29) is 0 Å². The molecule has 0 aromatic rings. The van der Waals surface area contributed by atoms with Gasteiger partial charge in [0.15, 0.2) is 0 Å². The summed E-state index contributed by atoms with van der Waals surface area (Å²) in [6.45, 7) is 7.77. The van der Waals surface area contributed by atoms with Crippen LogP contribution < -0.4 is 5.32 Å². The van der Waals surface area contributed by atoms with E-state index in [9.17, 15) is 0 Å². The summed E-state index contributed by atoms with van der Waals surface area (Å²) in [6.07, 6.45) is 2.53. The Morgan fingerprint density at radius 3 is 2.77 bits per heavy atom. The van der Waals surface area contributed by atoms with Crippen molar-refractivity contribution in [3.05, 3.63) is 0 Å². The number of hydrogen-bond acceptors (Lipinski definition) is 3. The Balaban J connectivity index is 2.02. The van der Waals surface area contributed by atoms with Gasteiger partial charge in [0.1, 0.15) is 0 Å². The molecule has 0 aromatic carbocycles. The van der Waals surface area contributed by atoms with Gasteiger partial charge in [0, 0.05) is 25.2 Å². The summed E-state index contributed by atoms with van der Waals surface area (Å²) in [5, 5.41) is 12.2. The Morgan fingerprint density at radius 1 is 1.54 bits per heavy atom. The number of rotatable bonds is 6. The largest absolute Gasteiger partial charge is 0.395 e. The van der Waals surface area contributed by atoms with Crippen LogP contribution in [0.4, 0.5) is 0 Å². The molecule has 78 valence electrons. The van der Waals surface area contributed by atoms with E-state index in [2.05, 4.69) is 24.1 Å². The summed E-state index contributed by atoms with van der Waals surface area (Å²) >= 11 is 0. The predicted octanol–water partition coefficient (Wildman–Crippen LogP) is 0.441. The zero-order valence-electron chi connectivity index (χ0n) is 8.79. The van der Waals surface area contributed by atoms with Crippen LogP contribution in [0.3, 0.4) is 0 Å². The predicted molar refractivity (Wildman–Crippen MR) is 54.8 cm³/mol. The average Bonchev–Trinajstić information content (AvgIpc) is 2.06. The zero-order valence-corrected chi connectivity index (χ0v) is 8.79. The Kier molecular flexibility index (Phi) is 4.70. The minimum Gasteiger partial charge on any atom is -0.395 e. The Labute approximate surface area is 81.1 Å². The normalized spacial score (nSPS) is 23.5. The molecule has 1 unspecified atom stereocenters. The Morgan fingerprint density at radius 2 is 2.31 bits per heavy atom. The molecule has 2 N–H and O–H groups in total. The van der Waals surface area contributed by atoms with Crippen LogP contribution in [0.1, 0.15) is 26.7 Å². The maximum Gasteiger partial charge on any atom is 0.0558 e. The van der Waals surface area contributed by atoms with Crippen LogP contribution in [0, 0.1) is 0 Å². The van der Waals surface area contributed by atoms with Crippen molar-refractivity contribution in [2.24, 2.45) is 0 Å². The highest BCUT2D eigenvalue weighted by Crippen LogP contribution is 2.18. The van der Waals surface area contributed by atoms with Gasteiger partial charge in [-0.3, -0.25) is 4.90 Å². The fraction of sp³-hybridized carbons (Fsp3) is 1.00. The first kappa shape index (κ1) is 11.0. The smallest absolute Gasteiger partial charge is 0.0558 e. The van der Waals surface area contributed by atoms with Gasteiger partial charge >= 0.3 is 0 Å². The van der Waals surface area contributed by atoms with Crippen molar-refractivity contribution in [3.8, 4) is 0 Å². The van der Waals surface area contributed by atoms with Crippen LogP contribution >= 0.6 is 0 Å². The third-order valence-electron chi connectivity index (χ3n) is 2.68. The van der Waals surface area contributed by atoms with E-state index in [1.807, 2.05) is 0 Å². The molecular formula is C10H22N2O. The average molecular weight is 186 g/mol. The lowest BCUT2D eigenvalue weighted by atomic mass is 10.00. The molecule has 1 fully saturated rings. The number of aliphatic hydroxyl groups is 1. The molecule has 0 aromatic heterocycles. The van der Waals surface area contributed by atoms with Crippen molar-refractivity contribution in [2.75, 3.05) is 26.2 Å². The van der Waals surface area contributed by atoms with Crippen LogP contribution in [0.15, 0.2) is 0 Å². The quantitative estimate of drug-likeness (QED) is 0.632. The van der Waals surface area contributed by atoms with Crippen molar-refractivity contribution in [1.82, 2.24) is 10.2 Å². The number of hydrogen-bond donors (Lipinski definition) is 2. The molecule has 0 aliphatic carbocycles. The number of aliphatic hydroxyl groups excluding tert-OH is 1. The molecule has 1 heterocycles. The summed E-state index contributed by atoms with van der Waals surface area (Å²) in [6, 6.07) is 1.31. The van der Waals surface area contributed by atoms with E-state index in [0.29, 0.717) is 12.6 Å². The summed E-state index contributed by atoms with van der Waals surface area (Å²) in [7, 11) is 0. The zero-order chi connectivity index (χ0) is 9.68. The number of nitrogens with zero attached hydrogens (tertiary/aromatic N) is 1. The molecule has 0 bridgehead atoms. The fourth-order valence-electron chi connectivity index (χ4n) is 1.78. The molecule has 0 saturated carbocycles. The molecule has 3 nitrogen and oxygen atoms in total. The highest BCUT2D eigenvalue weighted by molar-refractivity contribution is 4.82. The monoisotopic (exact) mass is 186 g/mol. The van der Waals surface area contributed by atoms with Crippen LogP contribution in [0.5, 0.6) is 0 Å². The summed E-state index contributed by atoms with van der Waals surface area (Å²) in [5.74, 6) is 0. The van der Waals surface area contributed by atoms with Crippen molar-refractivity contribution in [1.29, 1.82) is 0 Å². The second-order valence-corrected chi connectivity index (χ2v) is 4.10. The summed E-state index contributed by atoms with van der Waals surface area (Å²) in [4.78, 5) is 2.36.